The Balaban J connectivity index is 1.45. The topological polar surface area (TPSA) is 164 Å². The molecule has 154 valence electrons. The van der Waals surface area contributed by atoms with Gasteiger partial charge >= 0.3 is 0 Å². The molecule has 0 saturated carbocycles. The summed E-state index contributed by atoms with van der Waals surface area (Å²) in [5.41, 5.74) is 0.962. The number of ether oxygens (including phenoxy) is 3. The quantitative estimate of drug-likeness (QED) is 0.365. The molecule has 4 heterocycles. The van der Waals surface area contributed by atoms with Gasteiger partial charge in [-0.3, -0.25) is 4.57 Å². The highest BCUT2D eigenvalue weighted by Gasteiger charge is 2.45. The summed E-state index contributed by atoms with van der Waals surface area (Å²) in [6, 6.07) is 0. The number of hydrogen-bond acceptors (Lipinski definition) is 11. The van der Waals surface area contributed by atoms with Crippen LogP contribution in [0.1, 0.15) is 12.6 Å². The zero-order valence-electron chi connectivity index (χ0n) is 15.1. The molecule has 2 aromatic rings. The highest BCUT2D eigenvalue weighted by Crippen LogP contribution is 2.33. The molecule has 0 aliphatic carbocycles. The Bertz CT molecular complexity index is 820. The van der Waals surface area contributed by atoms with Gasteiger partial charge in [-0.2, -0.15) is 0 Å². The van der Waals surface area contributed by atoms with Crippen molar-refractivity contribution in [1.82, 2.24) is 19.5 Å². The lowest BCUT2D eigenvalue weighted by atomic mass is 10.1. The second-order valence-corrected chi connectivity index (χ2v) is 6.77. The van der Waals surface area contributed by atoms with Crippen LogP contribution in [0, 0.1) is 0 Å². The van der Waals surface area contributed by atoms with Gasteiger partial charge in [0.25, 0.3) is 0 Å². The maximum absolute atomic E-state index is 10.5. The molecule has 0 aromatic carbocycles. The number of aliphatic hydroxyl groups excluding tert-OH is 4. The summed E-state index contributed by atoms with van der Waals surface area (Å²) in [5.74, 6) is 0.534. The standard InChI is InChI=1S/C16H23N5O7/c1-17-14-11-15(19-5-18-14)21(6-20-11)16-13(25)12(24)9(28-16)4-26-10-2-7(23)8(3-22)27-10/h5-10,12-13,16,22-25H,2-4H2,1H3,(H,17,18,19)/t7-,8+,9+,10?,12+,13+,16+/m0/s1. The summed E-state index contributed by atoms with van der Waals surface area (Å²) >= 11 is 0. The third-order valence-electron chi connectivity index (χ3n) is 5.02. The third kappa shape index (κ3) is 3.33. The van der Waals surface area contributed by atoms with Gasteiger partial charge in [0.1, 0.15) is 36.3 Å². The Kier molecular flexibility index (Phi) is 5.42. The first-order valence-electron chi connectivity index (χ1n) is 8.96. The van der Waals surface area contributed by atoms with Crippen molar-refractivity contribution in [2.24, 2.45) is 0 Å². The number of rotatable bonds is 6. The summed E-state index contributed by atoms with van der Waals surface area (Å²) in [4.78, 5) is 12.5. The normalized spacial score (nSPS) is 35.7. The molecule has 5 N–H and O–H groups in total. The number of hydrogen-bond donors (Lipinski definition) is 5. The maximum atomic E-state index is 10.5. The first-order valence-corrected chi connectivity index (χ1v) is 8.96. The number of imidazole rings is 1. The minimum atomic E-state index is -1.22. The Labute approximate surface area is 159 Å². The fourth-order valence-electron chi connectivity index (χ4n) is 3.48. The summed E-state index contributed by atoms with van der Waals surface area (Å²) in [5, 5.41) is 42.6. The van der Waals surface area contributed by atoms with Crippen LogP contribution in [0.3, 0.4) is 0 Å². The van der Waals surface area contributed by atoms with Gasteiger partial charge in [0.15, 0.2) is 24.0 Å². The van der Waals surface area contributed by atoms with Crippen LogP contribution in [0.25, 0.3) is 11.2 Å². The number of fused-ring (bicyclic) bond motifs is 1. The number of nitrogens with one attached hydrogen (secondary N) is 1. The van der Waals surface area contributed by atoms with Crippen LogP contribution >= 0.6 is 0 Å². The zero-order chi connectivity index (χ0) is 19.8. The average Bonchev–Trinajstić information content (AvgIpc) is 3.37. The highest BCUT2D eigenvalue weighted by atomic mass is 16.7. The van der Waals surface area contributed by atoms with E-state index in [-0.39, 0.29) is 19.6 Å². The van der Waals surface area contributed by atoms with E-state index in [1.54, 1.807) is 7.05 Å². The van der Waals surface area contributed by atoms with Gasteiger partial charge < -0.3 is 40.0 Å². The van der Waals surface area contributed by atoms with Crippen molar-refractivity contribution in [1.29, 1.82) is 0 Å². The number of anilines is 1. The van der Waals surface area contributed by atoms with Gasteiger partial charge in [0.05, 0.1) is 25.6 Å². The van der Waals surface area contributed by atoms with Crippen LogP contribution in [0.2, 0.25) is 0 Å². The second kappa shape index (κ2) is 7.83. The van der Waals surface area contributed by atoms with E-state index >= 15 is 0 Å². The molecule has 12 heteroatoms. The van der Waals surface area contributed by atoms with Crippen LogP contribution in [0.15, 0.2) is 12.7 Å². The minimum Gasteiger partial charge on any atom is -0.394 e. The van der Waals surface area contributed by atoms with Crippen LogP contribution in [0.5, 0.6) is 0 Å². The number of nitrogens with zero attached hydrogens (tertiary/aromatic N) is 4. The molecular formula is C16H23N5O7. The predicted molar refractivity (Wildman–Crippen MR) is 93.1 cm³/mol. The second-order valence-electron chi connectivity index (χ2n) is 6.77. The van der Waals surface area contributed by atoms with Crippen molar-refractivity contribution < 1.29 is 34.6 Å². The molecule has 2 aliphatic heterocycles. The van der Waals surface area contributed by atoms with Gasteiger partial charge in [0, 0.05) is 13.5 Å². The number of aromatic nitrogens is 4. The van der Waals surface area contributed by atoms with Crippen molar-refractivity contribution in [2.45, 2.75) is 49.5 Å². The zero-order valence-corrected chi connectivity index (χ0v) is 15.1. The van der Waals surface area contributed by atoms with Crippen LogP contribution < -0.4 is 5.32 Å². The van der Waals surface area contributed by atoms with E-state index in [1.165, 1.54) is 17.2 Å². The third-order valence-corrected chi connectivity index (χ3v) is 5.02. The molecule has 0 amide bonds. The summed E-state index contributed by atoms with van der Waals surface area (Å²) < 4.78 is 18.2. The Morgan fingerprint density at radius 2 is 2.00 bits per heavy atom. The minimum absolute atomic E-state index is 0.0619. The van der Waals surface area contributed by atoms with E-state index in [0.29, 0.717) is 17.0 Å². The van der Waals surface area contributed by atoms with Gasteiger partial charge in [-0.1, -0.05) is 0 Å². The summed E-state index contributed by atoms with van der Waals surface area (Å²) in [7, 11) is 1.71. The van der Waals surface area contributed by atoms with E-state index in [2.05, 4.69) is 20.3 Å². The molecule has 2 aromatic heterocycles. The molecular weight excluding hydrogens is 374 g/mol. The first-order chi connectivity index (χ1) is 13.5. The average molecular weight is 397 g/mol. The van der Waals surface area contributed by atoms with Crippen molar-refractivity contribution in [3.05, 3.63) is 12.7 Å². The van der Waals surface area contributed by atoms with E-state index in [9.17, 15) is 15.3 Å². The van der Waals surface area contributed by atoms with E-state index < -0.39 is 43.0 Å². The lowest BCUT2D eigenvalue weighted by Gasteiger charge is -2.18. The van der Waals surface area contributed by atoms with Gasteiger partial charge in [-0.05, 0) is 0 Å². The molecule has 2 saturated heterocycles. The smallest absolute Gasteiger partial charge is 0.167 e. The van der Waals surface area contributed by atoms with E-state index in [4.69, 9.17) is 19.3 Å². The Morgan fingerprint density at radius 1 is 1.18 bits per heavy atom. The van der Waals surface area contributed by atoms with Gasteiger partial charge in [0.2, 0.25) is 0 Å². The molecule has 7 atom stereocenters. The van der Waals surface area contributed by atoms with E-state index in [1.807, 2.05) is 0 Å². The molecule has 0 bridgehead atoms. The fourth-order valence-corrected chi connectivity index (χ4v) is 3.48. The molecule has 2 aliphatic rings. The van der Waals surface area contributed by atoms with Crippen LogP contribution in [-0.4, -0.2) is 97.0 Å². The number of aliphatic hydroxyl groups is 4. The lowest BCUT2D eigenvalue weighted by Crippen LogP contribution is -2.35. The largest absolute Gasteiger partial charge is 0.394 e. The molecule has 28 heavy (non-hydrogen) atoms. The highest BCUT2D eigenvalue weighted by molar-refractivity contribution is 5.82. The first kappa shape index (κ1) is 19.4. The maximum Gasteiger partial charge on any atom is 0.167 e. The fraction of sp³-hybridized carbons (Fsp3) is 0.688. The molecule has 12 nitrogen and oxygen atoms in total. The molecule has 0 spiro atoms. The van der Waals surface area contributed by atoms with E-state index in [0.717, 1.165) is 0 Å². The SMILES string of the molecule is CNc1ncnc2c1ncn2[C@@H]1O[C@H](COC2C[C@H](O)[C@@H](CO)O2)[C@@H](O)[C@H]1O. The van der Waals surface area contributed by atoms with Crippen LogP contribution in [-0.2, 0) is 14.2 Å². The van der Waals surface area contributed by atoms with Gasteiger partial charge in [-0.25, -0.2) is 15.0 Å². The molecule has 2 fully saturated rings. The van der Waals surface area contributed by atoms with Crippen molar-refractivity contribution in [2.75, 3.05) is 25.6 Å². The van der Waals surface area contributed by atoms with Crippen molar-refractivity contribution >= 4 is 17.0 Å². The van der Waals surface area contributed by atoms with Crippen molar-refractivity contribution in [3.63, 3.8) is 0 Å². The Morgan fingerprint density at radius 3 is 2.71 bits per heavy atom. The summed E-state index contributed by atoms with van der Waals surface area (Å²) in [6.45, 7) is -0.373. The predicted octanol–water partition coefficient (Wildman–Crippen LogP) is -2.03. The van der Waals surface area contributed by atoms with Gasteiger partial charge in [-0.15, -0.1) is 0 Å². The lowest BCUT2D eigenvalue weighted by molar-refractivity contribution is -0.168. The van der Waals surface area contributed by atoms with Crippen molar-refractivity contribution in [3.8, 4) is 0 Å². The summed E-state index contributed by atoms with van der Waals surface area (Å²) in [6.07, 6.45) is -3.36. The monoisotopic (exact) mass is 397 g/mol. The molecule has 1 unspecified atom stereocenters. The molecule has 4 rings (SSSR count). The van der Waals surface area contributed by atoms with Crippen LogP contribution in [0.4, 0.5) is 5.82 Å². The Hall–Kier alpha value is -1.93. The molecule has 0 radical (unpaired) electrons.